The van der Waals surface area contributed by atoms with E-state index in [2.05, 4.69) is 54.0 Å². The molecule has 0 bridgehead atoms. The molecule has 2 heterocycles. The van der Waals surface area contributed by atoms with Gasteiger partial charge in [0, 0.05) is 31.6 Å². The standard InChI is InChI=1S/C16H21N3/c1-3-18-8-10-19(11-9-18)16-12-13(2)14-6-4-5-7-15(14)17-16/h4-7,12H,3,8-11H2,1-2H3. The van der Waals surface area contributed by atoms with E-state index in [1.165, 1.54) is 10.9 Å². The second-order valence-corrected chi connectivity index (χ2v) is 5.24. The number of aromatic nitrogens is 1. The van der Waals surface area contributed by atoms with Gasteiger partial charge in [-0.2, -0.15) is 0 Å². The molecule has 0 spiro atoms. The van der Waals surface area contributed by atoms with Crippen molar-refractivity contribution in [2.45, 2.75) is 13.8 Å². The monoisotopic (exact) mass is 255 g/mol. The molecule has 0 radical (unpaired) electrons. The van der Waals surface area contributed by atoms with Crippen LogP contribution in [0.2, 0.25) is 0 Å². The van der Waals surface area contributed by atoms with Crippen molar-refractivity contribution in [2.75, 3.05) is 37.6 Å². The number of aryl methyl sites for hydroxylation is 1. The zero-order valence-corrected chi connectivity index (χ0v) is 11.8. The molecule has 100 valence electrons. The molecule has 1 aliphatic rings. The highest BCUT2D eigenvalue weighted by atomic mass is 15.3. The van der Waals surface area contributed by atoms with Gasteiger partial charge >= 0.3 is 0 Å². The van der Waals surface area contributed by atoms with E-state index in [0.717, 1.165) is 44.1 Å². The minimum atomic E-state index is 1.08. The summed E-state index contributed by atoms with van der Waals surface area (Å²) in [5, 5.41) is 1.26. The zero-order valence-electron chi connectivity index (χ0n) is 11.8. The van der Waals surface area contributed by atoms with Crippen molar-refractivity contribution >= 4 is 16.7 Å². The lowest BCUT2D eigenvalue weighted by molar-refractivity contribution is 0.270. The molecule has 19 heavy (non-hydrogen) atoms. The average molecular weight is 255 g/mol. The van der Waals surface area contributed by atoms with Crippen LogP contribution in [-0.4, -0.2) is 42.6 Å². The maximum atomic E-state index is 4.82. The zero-order chi connectivity index (χ0) is 13.2. The molecule has 0 N–H and O–H groups in total. The van der Waals surface area contributed by atoms with Crippen LogP contribution in [0.5, 0.6) is 0 Å². The van der Waals surface area contributed by atoms with Crippen molar-refractivity contribution < 1.29 is 0 Å². The van der Waals surface area contributed by atoms with Crippen LogP contribution in [0.3, 0.4) is 0 Å². The number of para-hydroxylation sites is 1. The molecule has 0 saturated carbocycles. The molecule has 0 aliphatic carbocycles. The predicted octanol–water partition coefficient (Wildman–Crippen LogP) is 2.69. The summed E-state index contributed by atoms with van der Waals surface area (Å²) in [4.78, 5) is 9.72. The molecule has 0 unspecified atom stereocenters. The van der Waals surface area contributed by atoms with Crippen molar-refractivity contribution in [2.24, 2.45) is 0 Å². The first kappa shape index (κ1) is 12.4. The minimum absolute atomic E-state index is 1.08. The van der Waals surface area contributed by atoms with E-state index < -0.39 is 0 Å². The van der Waals surface area contributed by atoms with E-state index in [-0.39, 0.29) is 0 Å². The van der Waals surface area contributed by atoms with Gasteiger partial charge in [0.05, 0.1) is 5.52 Å². The third-order valence-electron chi connectivity index (χ3n) is 4.05. The molecule has 1 aliphatic heterocycles. The summed E-state index contributed by atoms with van der Waals surface area (Å²) in [6.07, 6.45) is 0. The normalized spacial score (nSPS) is 17.1. The van der Waals surface area contributed by atoms with Gasteiger partial charge in [-0.25, -0.2) is 4.98 Å². The Hall–Kier alpha value is -1.61. The average Bonchev–Trinajstić information content (AvgIpc) is 2.47. The number of anilines is 1. The van der Waals surface area contributed by atoms with Gasteiger partial charge in [-0.05, 0) is 31.2 Å². The van der Waals surface area contributed by atoms with E-state index in [1.807, 2.05) is 0 Å². The summed E-state index contributed by atoms with van der Waals surface area (Å²) in [5.74, 6) is 1.13. The van der Waals surface area contributed by atoms with E-state index in [4.69, 9.17) is 4.98 Å². The first-order chi connectivity index (χ1) is 9.28. The lowest BCUT2D eigenvalue weighted by Gasteiger charge is -2.35. The fourth-order valence-corrected chi connectivity index (χ4v) is 2.79. The first-order valence-electron chi connectivity index (χ1n) is 7.11. The fraction of sp³-hybridized carbons (Fsp3) is 0.438. The Morgan fingerprint density at radius 1 is 1.11 bits per heavy atom. The molecule has 1 saturated heterocycles. The topological polar surface area (TPSA) is 19.4 Å². The number of benzene rings is 1. The van der Waals surface area contributed by atoms with Gasteiger partial charge in [-0.1, -0.05) is 25.1 Å². The Kier molecular flexibility index (Phi) is 3.38. The van der Waals surface area contributed by atoms with Crippen LogP contribution < -0.4 is 4.90 Å². The molecule has 1 aromatic heterocycles. The molecule has 0 amide bonds. The summed E-state index contributed by atoms with van der Waals surface area (Å²) < 4.78 is 0. The molecule has 1 fully saturated rings. The molecule has 3 rings (SSSR count). The number of hydrogen-bond acceptors (Lipinski definition) is 3. The third-order valence-corrected chi connectivity index (χ3v) is 4.05. The SMILES string of the molecule is CCN1CCN(c2cc(C)c3ccccc3n2)CC1. The first-order valence-corrected chi connectivity index (χ1v) is 7.11. The maximum absolute atomic E-state index is 4.82. The minimum Gasteiger partial charge on any atom is -0.354 e. The molecule has 1 aromatic carbocycles. The van der Waals surface area contributed by atoms with E-state index in [9.17, 15) is 0 Å². The predicted molar refractivity (Wildman–Crippen MR) is 80.8 cm³/mol. The molecule has 0 atom stereocenters. The van der Waals surface area contributed by atoms with Gasteiger partial charge in [-0.15, -0.1) is 0 Å². The van der Waals surface area contributed by atoms with Crippen molar-refractivity contribution in [3.05, 3.63) is 35.9 Å². The van der Waals surface area contributed by atoms with Gasteiger partial charge in [0.25, 0.3) is 0 Å². The molecule has 3 heteroatoms. The van der Waals surface area contributed by atoms with Crippen LogP contribution in [0.25, 0.3) is 10.9 Å². The Bertz CT molecular complexity index is 571. The van der Waals surface area contributed by atoms with Crippen LogP contribution in [-0.2, 0) is 0 Å². The van der Waals surface area contributed by atoms with Crippen LogP contribution in [0.15, 0.2) is 30.3 Å². The number of piperazine rings is 1. The number of pyridine rings is 1. The van der Waals surface area contributed by atoms with Gasteiger partial charge in [0.15, 0.2) is 0 Å². The van der Waals surface area contributed by atoms with E-state index >= 15 is 0 Å². The number of likely N-dealkylation sites (N-methyl/N-ethyl adjacent to an activating group) is 1. The van der Waals surface area contributed by atoms with E-state index in [1.54, 1.807) is 0 Å². The summed E-state index contributed by atoms with van der Waals surface area (Å²) in [6.45, 7) is 10.0. The Labute approximate surface area is 114 Å². The molecule has 3 nitrogen and oxygen atoms in total. The van der Waals surface area contributed by atoms with Crippen LogP contribution >= 0.6 is 0 Å². The third kappa shape index (κ3) is 2.43. The molecule has 2 aromatic rings. The van der Waals surface area contributed by atoms with Crippen LogP contribution in [0.4, 0.5) is 5.82 Å². The summed E-state index contributed by atoms with van der Waals surface area (Å²) in [6, 6.07) is 10.6. The van der Waals surface area contributed by atoms with E-state index in [0.29, 0.717) is 0 Å². The van der Waals surface area contributed by atoms with Crippen molar-refractivity contribution in [1.29, 1.82) is 0 Å². The number of nitrogens with zero attached hydrogens (tertiary/aromatic N) is 3. The van der Waals surface area contributed by atoms with Crippen molar-refractivity contribution in [3.63, 3.8) is 0 Å². The lowest BCUT2D eigenvalue weighted by atomic mass is 10.1. The Morgan fingerprint density at radius 2 is 1.84 bits per heavy atom. The molecular weight excluding hydrogens is 234 g/mol. The van der Waals surface area contributed by atoms with Gasteiger partial charge in [0.1, 0.15) is 5.82 Å². The second kappa shape index (κ2) is 5.17. The fourth-order valence-electron chi connectivity index (χ4n) is 2.79. The second-order valence-electron chi connectivity index (χ2n) is 5.24. The summed E-state index contributed by atoms with van der Waals surface area (Å²) in [5.41, 5.74) is 2.42. The van der Waals surface area contributed by atoms with Gasteiger partial charge < -0.3 is 9.80 Å². The number of rotatable bonds is 2. The highest BCUT2D eigenvalue weighted by Gasteiger charge is 2.17. The quantitative estimate of drug-likeness (QED) is 0.822. The maximum Gasteiger partial charge on any atom is 0.129 e. The molecular formula is C16H21N3. The summed E-state index contributed by atoms with van der Waals surface area (Å²) >= 11 is 0. The van der Waals surface area contributed by atoms with Gasteiger partial charge in [-0.3, -0.25) is 0 Å². The lowest BCUT2D eigenvalue weighted by Crippen LogP contribution is -2.46. The smallest absolute Gasteiger partial charge is 0.129 e. The van der Waals surface area contributed by atoms with Gasteiger partial charge in [0.2, 0.25) is 0 Å². The van der Waals surface area contributed by atoms with Crippen LogP contribution in [0.1, 0.15) is 12.5 Å². The number of hydrogen-bond donors (Lipinski definition) is 0. The van der Waals surface area contributed by atoms with Crippen molar-refractivity contribution in [1.82, 2.24) is 9.88 Å². The summed E-state index contributed by atoms with van der Waals surface area (Å²) in [7, 11) is 0. The van der Waals surface area contributed by atoms with Crippen molar-refractivity contribution in [3.8, 4) is 0 Å². The largest absolute Gasteiger partial charge is 0.354 e. The Morgan fingerprint density at radius 3 is 2.58 bits per heavy atom. The highest BCUT2D eigenvalue weighted by Crippen LogP contribution is 2.23. The number of fused-ring (bicyclic) bond motifs is 1. The van der Waals surface area contributed by atoms with Crippen LogP contribution in [0, 0.1) is 6.92 Å². The highest BCUT2D eigenvalue weighted by molar-refractivity contribution is 5.83. The Balaban J connectivity index is 1.89.